The number of methoxy groups -OCH3 is 1. The fourth-order valence-electron chi connectivity index (χ4n) is 2.84. The van der Waals surface area contributed by atoms with Crippen LogP contribution in [-0.4, -0.2) is 29.7 Å². The Hall–Kier alpha value is -3.72. The molecule has 29 heavy (non-hydrogen) atoms. The summed E-state index contributed by atoms with van der Waals surface area (Å²) in [7, 11) is 1.27. The Balaban J connectivity index is 2.14. The van der Waals surface area contributed by atoms with Gasteiger partial charge in [0.15, 0.2) is 6.61 Å². The summed E-state index contributed by atoms with van der Waals surface area (Å²) in [4.78, 5) is 20.3. The molecule has 0 spiro atoms. The van der Waals surface area contributed by atoms with Crippen LogP contribution < -0.4 is 4.74 Å². The van der Waals surface area contributed by atoms with Crippen molar-refractivity contribution in [3.05, 3.63) is 65.9 Å². The van der Waals surface area contributed by atoms with Gasteiger partial charge in [-0.2, -0.15) is 5.26 Å². The zero-order valence-electron chi connectivity index (χ0n) is 16.5. The molecule has 0 radical (unpaired) electrons. The molecule has 0 atom stereocenters. The largest absolute Gasteiger partial charge is 0.466 e. The van der Waals surface area contributed by atoms with Gasteiger partial charge in [0.05, 0.1) is 18.5 Å². The summed E-state index contributed by atoms with van der Waals surface area (Å²) in [5.74, 6) is -0.0780. The minimum atomic E-state index is -0.554. The highest BCUT2D eigenvalue weighted by Crippen LogP contribution is 2.33. The number of esters is 1. The van der Waals surface area contributed by atoms with Crippen molar-refractivity contribution in [1.82, 2.24) is 9.97 Å². The van der Waals surface area contributed by atoms with Crippen LogP contribution in [0.15, 0.2) is 54.7 Å². The molecule has 0 aliphatic heterocycles. The van der Waals surface area contributed by atoms with Crippen molar-refractivity contribution in [3.63, 3.8) is 0 Å². The van der Waals surface area contributed by atoms with E-state index in [-0.39, 0.29) is 18.1 Å². The molecule has 6 nitrogen and oxygen atoms in total. The molecule has 0 aliphatic carbocycles. The molecule has 3 aromatic rings. The van der Waals surface area contributed by atoms with Crippen molar-refractivity contribution in [3.8, 4) is 34.5 Å². The van der Waals surface area contributed by atoms with E-state index in [0.29, 0.717) is 22.9 Å². The summed E-state index contributed by atoms with van der Waals surface area (Å²) in [6, 6.07) is 17.5. The van der Waals surface area contributed by atoms with E-state index in [1.807, 2.05) is 48.5 Å². The normalized spacial score (nSPS) is 10.4. The number of pyridine rings is 2. The van der Waals surface area contributed by atoms with Gasteiger partial charge in [-0.15, -0.1) is 0 Å². The Morgan fingerprint density at radius 2 is 1.90 bits per heavy atom. The van der Waals surface area contributed by atoms with Gasteiger partial charge in [0.2, 0.25) is 5.88 Å². The number of benzene rings is 1. The standard InChI is InChI=1S/C23H21N3O3/c1-15(2)16-7-9-17(10-8-16)18-12-21(20-6-4-5-11-25-20)26-23(19(18)13-24)29-14-22(27)28-3/h4-12,15H,14H2,1-3H3. The van der Waals surface area contributed by atoms with Gasteiger partial charge in [-0.25, -0.2) is 9.78 Å². The second-order valence-electron chi connectivity index (χ2n) is 6.70. The monoisotopic (exact) mass is 387 g/mol. The van der Waals surface area contributed by atoms with E-state index < -0.39 is 5.97 Å². The molecule has 0 saturated heterocycles. The molecule has 6 heteroatoms. The van der Waals surface area contributed by atoms with Gasteiger partial charge in [-0.3, -0.25) is 4.98 Å². The summed E-state index contributed by atoms with van der Waals surface area (Å²) in [6.07, 6.45) is 1.67. The fourth-order valence-corrected chi connectivity index (χ4v) is 2.84. The number of ether oxygens (including phenoxy) is 2. The van der Waals surface area contributed by atoms with E-state index in [4.69, 9.17) is 4.74 Å². The summed E-state index contributed by atoms with van der Waals surface area (Å²) >= 11 is 0. The third-order valence-corrected chi connectivity index (χ3v) is 4.47. The highest BCUT2D eigenvalue weighted by atomic mass is 16.6. The highest BCUT2D eigenvalue weighted by molar-refractivity contribution is 5.77. The number of nitriles is 1. The molecule has 0 bridgehead atoms. The number of carbonyl (C=O) groups is 1. The van der Waals surface area contributed by atoms with Gasteiger partial charge < -0.3 is 9.47 Å². The molecule has 0 unspecified atom stereocenters. The average molecular weight is 387 g/mol. The quantitative estimate of drug-likeness (QED) is 0.584. The fraction of sp³-hybridized carbons (Fsp3) is 0.217. The maximum atomic E-state index is 11.5. The number of carbonyl (C=O) groups excluding carboxylic acids is 1. The zero-order chi connectivity index (χ0) is 20.8. The first kappa shape index (κ1) is 20.0. The van der Waals surface area contributed by atoms with Crippen LogP contribution in [0.1, 0.15) is 30.9 Å². The van der Waals surface area contributed by atoms with Crippen molar-refractivity contribution >= 4 is 5.97 Å². The van der Waals surface area contributed by atoms with Crippen LogP contribution in [0.2, 0.25) is 0 Å². The summed E-state index contributed by atoms with van der Waals surface area (Å²) < 4.78 is 10.2. The number of hydrogen-bond donors (Lipinski definition) is 0. The number of aromatic nitrogens is 2. The minimum absolute atomic E-state index is 0.0731. The van der Waals surface area contributed by atoms with E-state index in [1.165, 1.54) is 12.7 Å². The second-order valence-corrected chi connectivity index (χ2v) is 6.70. The Kier molecular flexibility index (Phi) is 6.20. The van der Waals surface area contributed by atoms with Gasteiger partial charge in [-0.05, 0) is 35.2 Å². The van der Waals surface area contributed by atoms with Crippen molar-refractivity contribution < 1.29 is 14.3 Å². The molecule has 1 aromatic carbocycles. The topological polar surface area (TPSA) is 85.1 Å². The first-order valence-corrected chi connectivity index (χ1v) is 9.20. The lowest BCUT2D eigenvalue weighted by Crippen LogP contribution is -2.14. The third-order valence-electron chi connectivity index (χ3n) is 4.47. The van der Waals surface area contributed by atoms with E-state index in [1.54, 1.807) is 6.20 Å². The number of nitrogens with zero attached hydrogens (tertiary/aromatic N) is 3. The molecule has 0 fully saturated rings. The van der Waals surface area contributed by atoms with Crippen LogP contribution in [0.5, 0.6) is 5.88 Å². The predicted molar refractivity (Wildman–Crippen MR) is 109 cm³/mol. The molecule has 2 heterocycles. The third kappa shape index (κ3) is 4.58. The van der Waals surface area contributed by atoms with Gasteiger partial charge in [0, 0.05) is 11.8 Å². The van der Waals surface area contributed by atoms with Gasteiger partial charge >= 0.3 is 5.97 Å². The molecule has 0 amide bonds. The van der Waals surface area contributed by atoms with E-state index in [2.05, 4.69) is 34.6 Å². The smallest absolute Gasteiger partial charge is 0.343 e. The Morgan fingerprint density at radius 1 is 1.14 bits per heavy atom. The predicted octanol–water partition coefficient (Wildman–Crippen LogP) is 4.36. The average Bonchev–Trinajstić information content (AvgIpc) is 2.77. The summed E-state index contributed by atoms with van der Waals surface area (Å²) in [6.45, 7) is 3.91. The molecule has 0 aliphatic rings. The van der Waals surface area contributed by atoms with Crippen LogP contribution in [-0.2, 0) is 9.53 Å². The van der Waals surface area contributed by atoms with Crippen molar-refractivity contribution in [1.29, 1.82) is 5.26 Å². The lowest BCUT2D eigenvalue weighted by molar-refractivity contribution is -0.143. The molecular weight excluding hydrogens is 366 g/mol. The second kappa shape index (κ2) is 8.98. The van der Waals surface area contributed by atoms with Crippen molar-refractivity contribution in [2.24, 2.45) is 0 Å². The lowest BCUT2D eigenvalue weighted by atomic mass is 9.96. The number of rotatable bonds is 6. The minimum Gasteiger partial charge on any atom is -0.466 e. The number of hydrogen-bond acceptors (Lipinski definition) is 6. The maximum absolute atomic E-state index is 11.5. The SMILES string of the molecule is COC(=O)COc1nc(-c2ccccn2)cc(-c2ccc(C(C)C)cc2)c1C#N. The molecule has 0 N–H and O–H groups in total. The van der Waals surface area contributed by atoms with Gasteiger partial charge in [0.25, 0.3) is 0 Å². The Bertz CT molecular complexity index is 1040. The van der Waals surface area contributed by atoms with Crippen LogP contribution in [0.25, 0.3) is 22.5 Å². The molecule has 146 valence electrons. The Labute approximate surface area is 169 Å². The van der Waals surface area contributed by atoms with E-state index >= 15 is 0 Å². The van der Waals surface area contributed by atoms with Crippen LogP contribution in [0.4, 0.5) is 0 Å². The first-order chi connectivity index (χ1) is 14.0. The van der Waals surface area contributed by atoms with Crippen molar-refractivity contribution in [2.75, 3.05) is 13.7 Å². The molecular formula is C23H21N3O3. The van der Waals surface area contributed by atoms with E-state index in [9.17, 15) is 10.1 Å². The summed E-state index contributed by atoms with van der Waals surface area (Å²) in [5.41, 5.74) is 4.17. The zero-order valence-corrected chi connectivity index (χ0v) is 16.5. The van der Waals surface area contributed by atoms with Gasteiger partial charge in [-0.1, -0.05) is 44.2 Å². The Morgan fingerprint density at radius 3 is 2.48 bits per heavy atom. The first-order valence-electron chi connectivity index (χ1n) is 9.20. The molecule has 0 saturated carbocycles. The van der Waals surface area contributed by atoms with Crippen LogP contribution in [0.3, 0.4) is 0 Å². The highest BCUT2D eigenvalue weighted by Gasteiger charge is 2.18. The van der Waals surface area contributed by atoms with Crippen LogP contribution in [0, 0.1) is 11.3 Å². The maximum Gasteiger partial charge on any atom is 0.343 e. The molecule has 3 rings (SSSR count). The molecule has 2 aromatic heterocycles. The summed E-state index contributed by atoms with van der Waals surface area (Å²) in [5, 5.41) is 9.79. The van der Waals surface area contributed by atoms with Gasteiger partial charge in [0.1, 0.15) is 11.6 Å². The lowest BCUT2D eigenvalue weighted by Gasteiger charge is -2.13. The van der Waals surface area contributed by atoms with E-state index in [0.717, 1.165) is 5.56 Å². The van der Waals surface area contributed by atoms with Crippen LogP contribution >= 0.6 is 0 Å². The van der Waals surface area contributed by atoms with Crippen molar-refractivity contribution in [2.45, 2.75) is 19.8 Å².